The minimum atomic E-state index is -0.338. The average molecular weight is 312 g/mol. The topological polar surface area (TPSA) is 60.2 Å². The molecule has 2 aliphatic rings. The summed E-state index contributed by atoms with van der Waals surface area (Å²) < 4.78 is 6.67. The number of rotatable bonds is 5. The number of hydrogen-bond acceptors (Lipinski definition) is 5. The van der Waals surface area contributed by atoms with Gasteiger partial charge in [0, 0.05) is 19.3 Å². The highest BCUT2D eigenvalue weighted by Gasteiger charge is 2.45. The van der Waals surface area contributed by atoms with E-state index in [4.69, 9.17) is 4.74 Å². The summed E-state index contributed by atoms with van der Waals surface area (Å²) in [6, 6.07) is 4.16. The summed E-state index contributed by atoms with van der Waals surface area (Å²) in [4.78, 5) is 18.6. The monoisotopic (exact) mass is 312 g/mol. The number of carbonyl (C=O) groups is 1. The number of piperidine rings is 1. The lowest BCUT2D eigenvalue weighted by Gasteiger charge is -2.19. The Hall–Kier alpha value is -2.37. The molecular weight excluding hydrogens is 292 g/mol. The summed E-state index contributed by atoms with van der Waals surface area (Å²) in [5.41, 5.74) is 2.60. The third-order valence-corrected chi connectivity index (χ3v) is 4.62. The number of esters is 1. The molecule has 0 spiro atoms. The lowest BCUT2D eigenvalue weighted by atomic mass is 10.3. The van der Waals surface area contributed by atoms with Gasteiger partial charge in [0.15, 0.2) is 0 Å². The fraction of sp³-hybridized carbons (Fsp3) is 0.471. The molecular formula is C17H20N4O2. The molecule has 2 unspecified atom stereocenters. The van der Waals surface area contributed by atoms with Gasteiger partial charge in [0.2, 0.25) is 0 Å². The lowest BCUT2D eigenvalue weighted by molar-refractivity contribution is 0.0526. The first-order valence-electron chi connectivity index (χ1n) is 8.12. The normalized spacial score (nSPS) is 22.0. The Bertz CT molecular complexity index is 700. The molecule has 0 N–H and O–H groups in total. The molecule has 2 atom stereocenters. The molecule has 2 aromatic rings. The van der Waals surface area contributed by atoms with E-state index >= 15 is 0 Å². The SMILES string of the molecule is CCOC(=O)c1cnn(Cc2ccc(N3CC4CC4C3)cn2)c1. The van der Waals surface area contributed by atoms with Gasteiger partial charge >= 0.3 is 5.97 Å². The first kappa shape index (κ1) is 14.2. The van der Waals surface area contributed by atoms with Gasteiger partial charge < -0.3 is 9.64 Å². The fourth-order valence-corrected chi connectivity index (χ4v) is 3.24. The number of nitrogens with zero attached hydrogens (tertiary/aromatic N) is 4. The van der Waals surface area contributed by atoms with E-state index in [0.29, 0.717) is 18.7 Å². The highest BCUT2D eigenvalue weighted by Crippen LogP contribution is 2.46. The number of fused-ring (bicyclic) bond motifs is 1. The zero-order valence-corrected chi connectivity index (χ0v) is 13.2. The van der Waals surface area contributed by atoms with E-state index in [2.05, 4.69) is 21.0 Å². The number of carbonyl (C=O) groups excluding carboxylic acids is 1. The predicted molar refractivity (Wildman–Crippen MR) is 85.3 cm³/mol. The Balaban J connectivity index is 1.40. The molecule has 3 heterocycles. The quantitative estimate of drug-likeness (QED) is 0.790. The van der Waals surface area contributed by atoms with Gasteiger partial charge in [-0.1, -0.05) is 0 Å². The van der Waals surface area contributed by atoms with E-state index < -0.39 is 0 Å². The van der Waals surface area contributed by atoms with Crippen molar-refractivity contribution in [2.24, 2.45) is 11.8 Å². The second kappa shape index (κ2) is 5.68. The first-order chi connectivity index (χ1) is 11.2. The van der Waals surface area contributed by atoms with Crippen LogP contribution in [0.1, 0.15) is 29.4 Å². The maximum absolute atomic E-state index is 11.6. The summed E-state index contributed by atoms with van der Waals surface area (Å²) in [5.74, 6) is 1.50. The van der Waals surface area contributed by atoms with Crippen molar-refractivity contribution in [3.05, 3.63) is 42.0 Å². The van der Waals surface area contributed by atoms with E-state index in [0.717, 1.165) is 17.5 Å². The standard InChI is InChI=1S/C17H20N4O2/c1-2-23-17(22)14-6-19-21(10-14)11-15-3-4-16(7-18-15)20-8-12-5-13(12)9-20/h3-4,6-7,10,12-13H,2,5,8-9,11H2,1H3. The van der Waals surface area contributed by atoms with Crippen molar-refractivity contribution in [3.63, 3.8) is 0 Å². The van der Waals surface area contributed by atoms with Crippen LogP contribution in [-0.4, -0.2) is 40.4 Å². The minimum Gasteiger partial charge on any atom is -0.462 e. The van der Waals surface area contributed by atoms with Crippen molar-refractivity contribution in [2.75, 3.05) is 24.6 Å². The minimum absolute atomic E-state index is 0.338. The summed E-state index contributed by atoms with van der Waals surface area (Å²) >= 11 is 0. The van der Waals surface area contributed by atoms with E-state index in [1.54, 1.807) is 17.8 Å². The molecule has 0 amide bonds. The molecule has 23 heavy (non-hydrogen) atoms. The van der Waals surface area contributed by atoms with Crippen LogP contribution in [0.4, 0.5) is 5.69 Å². The third-order valence-electron chi connectivity index (χ3n) is 4.62. The van der Waals surface area contributed by atoms with Gasteiger partial charge in [-0.3, -0.25) is 9.67 Å². The van der Waals surface area contributed by atoms with Crippen molar-refractivity contribution >= 4 is 11.7 Å². The number of aromatic nitrogens is 3. The van der Waals surface area contributed by atoms with Crippen LogP contribution >= 0.6 is 0 Å². The van der Waals surface area contributed by atoms with Gasteiger partial charge in [0.25, 0.3) is 0 Å². The van der Waals surface area contributed by atoms with Gasteiger partial charge in [-0.15, -0.1) is 0 Å². The van der Waals surface area contributed by atoms with Crippen LogP contribution in [0.3, 0.4) is 0 Å². The molecule has 120 valence electrons. The molecule has 0 aromatic carbocycles. The lowest BCUT2D eigenvalue weighted by Crippen LogP contribution is -2.21. The molecule has 1 saturated carbocycles. The zero-order chi connectivity index (χ0) is 15.8. The zero-order valence-electron chi connectivity index (χ0n) is 13.2. The van der Waals surface area contributed by atoms with Gasteiger partial charge in [-0.25, -0.2) is 4.79 Å². The van der Waals surface area contributed by atoms with Crippen LogP contribution in [0, 0.1) is 11.8 Å². The van der Waals surface area contributed by atoms with Crippen molar-refractivity contribution in [1.82, 2.24) is 14.8 Å². The first-order valence-corrected chi connectivity index (χ1v) is 8.12. The van der Waals surface area contributed by atoms with Gasteiger partial charge in [-0.05, 0) is 37.3 Å². The molecule has 2 fully saturated rings. The van der Waals surface area contributed by atoms with Crippen LogP contribution in [0.2, 0.25) is 0 Å². The van der Waals surface area contributed by atoms with Crippen LogP contribution in [0.25, 0.3) is 0 Å². The van der Waals surface area contributed by atoms with Crippen molar-refractivity contribution in [3.8, 4) is 0 Å². The Morgan fingerprint density at radius 1 is 1.30 bits per heavy atom. The Morgan fingerprint density at radius 2 is 2.13 bits per heavy atom. The molecule has 6 nitrogen and oxygen atoms in total. The summed E-state index contributed by atoms with van der Waals surface area (Å²) in [7, 11) is 0. The molecule has 0 radical (unpaired) electrons. The maximum Gasteiger partial charge on any atom is 0.341 e. The number of hydrogen-bond donors (Lipinski definition) is 0. The highest BCUT2D eigenvalue weighted by atomic mass is 16.5. The van der Waals surface area contributed by atoms with E-state index in [-0.39, 0.29) is 5.97 Å². The summed E-state index contributed by atoms with van der Waals surface area (Å²) in [6.07, 6.45) is 6.57. The number of ether oxygens (including phenoxy) is 1. The fourth-order valence-electron chi connectivity index (χ4n) is 3.24. The van der Waals surface area contributed by atoms with Crippen molar-refractivity contribution in [2.45, 2.75) is 19.9 Å². The second-order valence-corrected chi connectivity index (χ2v) is 6.32. The second-order valence-electron chi connectivity index (χ2n) is 6.32. The van der Waals surface area contributed by atoms with Crippen molar-refractivity contribution in [1.29, 1.82) is 0 Å². The molecule has 1 aliphatic carbocycles. The summed E-state index contributed by atoms with van der Waals surface area (Å²) in [5, 5.41) is 4.20. The van der Waals surface area contributed by atoms with Crippen LogP contribution in [-0.2, 0) is 11.3 Å². The van der Waals surface area contributed by atoms with Gasteiger partial charge in [0.05, 0.1) is 42.5 Å². The van der Waals surface area contributed by atoms with E-state index in [1.807, 2.05) is 12.3 Å². The Morgan fingerprint density at radius 3 is 2.83 bits per heavy atom. The Labute approximate surface area is 135 Å². The number of pyridine rings is 1. The molecule has 1 aliphatic heterocycles. The number of anilines is 1. The van der Waals surface area contributed by atoms with Crippen LogP contribution in [0.15, 0.2) is 30.7 Å². The smallest absolute Gasteiger partial charge is 0.341 e. The van der Waals surface area contributed by atoms with E-state index in [1.165, 1.54) is 31.4 Å². The van der Waals surface area contributed by atoms with Crippen molar-refractivity contribution < 1.29 is 9.53 Å². The summed E-state index contributed by atoms with van der Waals surface area (Å²) in [6.45, 7) is 5.05. The molecule has 2 aromatic heterocycles. The van der Waals surface area contributed by atoms with Crippen LogP contribution in [0.5, 0.6) is 0 Å². The third kappa shape index (κ3) is 2.93. The average Bonchev–Trinajstić information content (AvgIpc) is 2.98. The largest absolute Gasteiger partial charge is 0.462 e. The molecule has 1 saturated heterocycles. The maximum atomic E-state index is 11.6. The molecule has 0 bridgehead atoms. The van der Waals surface area contributed by atoms with Gasteiger partial charge in [-0.2, -0.15) is 5.10 Å². The van der Waals surface area contributed by atoms with Gasteiger partial charge in [0.1, 0.15) is 0 Å². The highest BCUT2D eigenvalue weighted by molar-refractivity contribution is 5.88. The predicted octanol–water partition coefficient (Wildman–Crippen LogP) is 1.96. The molecule has 4 rings (SSSR count). The Kier molecular flexibility index (Phi) is 3.52. The molecule has 6 heteroatoms. The van der Waals surface area contributed by atoms with Crippen LogP contribution < -0.4 is 4.90 Å². The van der Waals surface area contributed by atoms with E-state index in [9.17, 15) is 4.79 Å².